The molecule has 4 nitrogen and oxygen atoms in total. The normalized spacial score (nSPS) is 23.7. The topological polar surface area (TPSA) is 35.6 Å². The molecule has 1 saturated carbocycles. The molecule has 21 heavy (non-hydrogen) atoms. The quantitative estimate of drug-likeness (QED) is 0.782. The molecule has 0 spiro atoms. The van der Waals surface area contributed by atoms with Crippen molar-refractivity contribution in [3.05, 3.63) is 0 Å². The number of carbonyl (C=O) groups excluding carboxylic acids is 1. The van der Waals surface area contributed by atoms with Crippen LogP contribution in [0.15, 0.2) is 0 Å². The summed E-state index contributed by atoms with van der Waals surface area (Å²) in [6, 6.07) is 1.08. The van der Waals surface area contributed by atoms with E-state index < -0.39 is 0 Å². The highest BCUT2D eigenvalue weighted by Gasteiger charge is 2.26. The molecule has 1 unspecified atom stereocenters. The molecule has 1 aliphatic carbocycles. The summed E-state index contributed by atoms with van der Waals surface area (Å²) in [6.45, 7) is 3.00. The van der Waals surface area contributed by atoms with E-state index in [0.29, 0.717) is 18.0 Å². The van der Waals surface area contributed by atoms with Crippen molar-refractivity contribution in [2.75, 3.05) is 33.7 Å². The molecule has 122 valence electrons. The van der Waals surface area contributed by atoms with Gasteiger partial charge in [-0.05, 0) is 52.7 Å². The molecule has 2 aliphatic rings. The SMILES string of the molecule is CN(C)CCN(C(=O)CCC1CCCCN1)C1CCCC1. The molecule has 0 aromatic rings. The van der Waals surface area contributed by atoms with Gasteiger partial charge in [-0.2, -0.15) is 0 Å². The Morgan fingerprint density at radius 2 is 1.76 bits per heavy atom. The number of nitrogens with one attached hydrogen (secondary N) is 1. The maximum absolute atomic E-state index is 12.7. The summed E-state index contributed by atoms with van der Waals surface area (Å²) >= 11 is 0. The molecular weight excluding hydrogens is 262 g/mol. The van der Waals surface area contributed by atoms with Crippen molar-refractivity contribution < 1.29 is 4.79 Å². The zero-order valence-electron chi connectivity index (χ0n) is 13.9. The van der Waals surface area contributed by atoms with Crippen LogP contribution in [-0.4, -0.2) is 61.5 Å². The van der Waals surface area contributed by atoms with Gasteiger partial charge in [0.05, 0.1) is 0 Å². The minimum Gasteiger partial charge on any atom is -0.338 e. The largest absolute Gasteiger partial charge is 0.338 e. The number of amides is 1. The lowest BCUT2D eigenvalue weighted by Crippen LogP contribution is -2.43. The van der Waals surface area contributed by atoms with Crippen LogP contribution in [0, 0.1) is 0 Å². The third-order valence-electron chi connectivity index (χ3n) is 4.99. The lowest BCUT2D eigenvalue weighted by molar-refractivity contribution is -0.133. The number of rotatable bonds is 7. The van der Waals surface area contributed by atoms with E-state index in [0.717, 1.165) is 32.5 Å². The zero-order valence-corrected chi connectivity index (χ0v) is 13.9. The predicted octanol–water partition coefficient (Wildman–Crippen LogP) is 2.24. The fourth-order valence-corrected chi connectivity index (χ4v) is 3.65. The molecule has 0 aromatic carbocycles. The van der Waals surface area contributed by atoms with E-state index in [2.05, 4.69) is 29.2 Å². The molecule has 1 N–H and O–H groups in total. The van der Waals surface area contributed by atoms with Gasteiger partial charge in [0.15, 0.2) is 0 Å². The van der Waals surface area contributed by atoms with E-state index in [-0.39, 0.29) is 0 Å². The van der Waals surface area contributed by atoms with Gasteiger partial charge in [0, 0.05) is 31.6 Å². The first-order valence-electron chi connectivity index (χ1n) is 8.84. The van der Waals surface area contributed by atoms with Gasteiger partial charge in [-0.25, -0.2) is 0 Å². The third-order valence-corrected chi connectivity index (χ3v) is 4.99. The minimum absolute atomic E-state index is 0.385. The number of hydrogen-bond acceptors (Lipinski definition) is 3. The molecule has 0 bridgehead atoms. The van der Waals surface area contributed by atoms with Crippen LogP contribution < -0.4 is 5.32 Å². The van der Waals surface area contributed by atoms with E-state index in [4.69, 9.17) is 0 Å². The summed E-state index contributed by atoms with van der Waals surface area (Å²) in [6.07, 6.45) is 10.6. The number of nitrogens with zero attached hydrogens (tertiary/aromatic N) is 2. The highest BCUT2D eigenvalue weighted by molar-refractivity contribution is 5.76. The number of carbonyl (C=O) groups is 1. The first-order chi connectivity index (χ1) is 10.2. The average Bonchev–Trinajstić information content (AvgIpc) is 3.00. The standard InChI is InChI=1S/C17H33N3O/c1-19(2)13-14-20(16-8-3-4-9-16)17(21)11-10-15-7-5-6-12-18-15/h15-16,18H,3-14H2,1-2H3. The second-order valence-electron chi connectivity index (χ2n) is 7.01. The second-order valence-corrected chi connectivity index (χ2v) is 7.01. The Bertz CT molecular complexity index is 307. The predicted molar refractivity (Wildman–Crippen MR) is 87.4 cm³/mol. The van der Waals surface area contributed by atoms with Crippen LogP contribution in [0.5, 0.6) is 0 Å². The van der Waals surface area contributed by atoms with Crippen LogP contribution in [0.25, 0.3) is 0 Å². The molecule has 4 heteroatoms. The number of hydrogen-bond donors (Lipinski definition) is 1. The molecule has 2 fully saturated rings. The summed E-state index contributed by atoms with van der Waals surface area (Å²) in [5.74, 6) is 0.385. The Morgan fingerprint density at radius 1 is 1.05 bits per heavy atom. The minimum atomic E-state index is 0.385. The van der Waals surface area contributed by atoms with Crippen molar-refractivity contribution >= 4 is 5.91 Å². The Morgan fingerprint density at radius 3 is 2.38 bits per heavy atom. The lowest BCUT2D eigenvalue weighted by Gasteiger charge is -2.31. The maximum Gasteiger partial charge on any atom is 0.222 e. The van der Waals surface area contributed by atoms with Crippen LogP contribution in [-0.2, 0) is 4.79 Å². The fourth-order valence-electron chi connectivity index (χ4n) is 3.65. The van der Waals surface area contributed by atoms with Crippen molar-refractivity contribution in [2.24, 2.45) is 0 Å². The van der Waals surface area contributed by atoms with Gasteiger partial charge in [-0.3, -0.25) is 4.79 Å². The Kier molecular flexibility index (Phi) is 6.97. The smallest absolute Gasteiger partial charge is 0.222 e. The molecule has 1 atom stereocenters. The summed E-state index contributed by atoms with van der Waals surface area (Å²) < 4.78 is 0. The van der Waals surface area contributed by atoms with Crippen LogP contribution in [0.3, 0.4) is 0 Å². The second kappa shape index (κ2) is 8.74. The van der Waals surface area contributed by atoms with Gasteiger partial charge in [0.1, 0.15) is 0 Å². The number of likely N-dealkylation sites (N-methyl/N-ethyl adjacent to an activating group) is 1. The van der Waals surface area contributed by atoms with E-state index in [9.17, 15) is 4.79 Å². The molecule has 2 rings (SSSR count). The van der Waals surface area contributed by atoms with Crippen molar-refractivity contribution in [2.45, 2.75) is 69.9 Å². The average molecular weight is 295 g/mol. The van der Waals surface area contributed by atoms with Crippen molar-refractivity contribution in [3.8, 4) is 0 Å². The monoisotopic (exact) mass is 295 g/mol. The summed E-state index contributed by atoms with van der Waals surface area (Å²) in [4.78, 5) is 17.0. The molecule has 1 heterocycles. The van der Waals surface area contributed by atoms with Crippen LogP contribution in [0.2, 0.25) is 0 Å². The van der Waals surface area contributed by atoms with E-state index in [1.807, 2.05) is 0 Å². The Hall–Kier alpha value is -0.610. The van der Waals surface area contributed by atoms with Crippen LogP contribution in [0.1, 0.15) is 57.8 Å². The van der Waals surface area contributed by atoms with Gasteiger partial charge in [-0.15, -0.1) is 0 Å². The number of piperidine rings is 1. The highest BCUT2D eigenvalue weighted by atomic mass is 16.2. The van der Waals surface area contributed by atoms with Crippen LogP contribution in [0.4, 0.5) is 0 Å². The Balaban J connectivity index is 1.80. The molecule has 1 saturated heterocycles. The molecule has 0 radical (unpaired) electrons. The van der Waals surface area contributed by atoms with E-state index >= 15 is 0 Å². The van der Waals surface area contributed by atoms with Crippen molar-refractivity contribution in [1.82, 2.24) is 15.1 Å². The first kappa shape index (κ1) is 16.8. The van der Waals surface area contributed by atoms with Crippen molar-refractivity contribution in [3.63, 3.8) is 0 Å². The van der Waals surface area contributed by atoms with Gasteiger partial charge in [0.2, 0.25) is 5.91 Å². The Labute approximate surface area is 130 Å². The molecule has 0 aromatic heterocycles. The maximum atomic E-state index is 12.7. The third kappa shape index (κ3) is 5.59. The summed E-state index contributed by atoms with van der Waals surface area (Å²) in [5, 5.41) is 3.55. The highest BCUT2D eigenvalue weighted by Crippen LogP contribution is 2.24. The molecule has 1 aliphatic heterocycles. The van der Waals surface area contributed by atoms with E-state index in [1.54, 1.807) is 0 Å². The van der Waals surface area contributed by atoms with Crippen molar-refractivity contribution in [1.29, 1.82) is 0 Å². The fraction of sp³-hybridized carbons (Fsp3) is 0.941. The van der Waals surface area contributed by atoms with Gasteiger partial charge in [0.25, 0.3) is 0 Å². The van der Waals surface area contributed by atoms with Crippen LogP contribution >= 0.6 is 0 Å². The molecule has 1 amide bonds. The lowest BCUT2D eigenvalue weighted by atomic mass is 10.00. The summed E-state index contributed by atoms with van der Waals surface area (Å²) in [7, 11) is 4.17. The van der Waals surface area contributed by atoms with E-state index in [1.165, 1.54) is 44.9 Å². The molecular formula is C17H33N3O. The van der Waals surface area contributed by atoms with Gasteiger partial charge < -0.3 is 15.1 Å². The first-order valence-corrected chi connectivity index (χ1v) is 8.84. The van der Waals surface area contributed by atoms with Gasteiger partial charge in [-0.1, -0.05) is 19.3 Å². The zero-order chi connectivity index (χ0) is 15.1. The van der Waals surface area contributed by atoms with Gasteiger partial charge >= 0.3 is 0 Å². The summed E-state index contributed by atoms with van der Waals surface area (Å²) in [5.41, 5.74) is 0.